The SMILES string of the molecule is CC1(Cn2c(CCl)nc3cc(F)c(Cl)cc32)CCCO1. The maximum absolute atomic E-state index is 13.5. The molecule has 3 nitrogen and oxygen atoms in total. The highest BCUT2D eigenvalue weighted by Gasteiger charge is 2.31. The number of hydrogen-bond donors (Lipinski definition) is 0. The molecule has 1 atom stereocenters. The highest BCUT2D eigenvalue weighted by Crippen LogP contribution is 2.31. The molecule has 0 N–H and O–H groups in total. The zero-order valence-electron chi connectivity index (χ0n) is 11.1. The molecule has 2 aromatic rings. The molecular formula is C14H15Cl2FN2O. The third kappa shape index (κ3) is 2.41. The molecule has 108 valence electrons. The summed E-state index contributed by atoms with van der Waals surface area (Å²) < 4.78 is 21.3. The van der Waals surface area contributed by atoms with Crippen LogP contribution < -0.4 is 0 Å². The van der Waals surface area contributed by atoms with Gasteiger partial charge in [-0.25, -0.2) is 9.37 Å². The zero-order valence-corrected chi connectivity index (χ0v) is 12.6. The summed E-state index contributed by atoms with van der Waals surface area (Å²) in [6, 6.07) is 2.95. The van der Waals surface area contributed by atoms with Crippen LogP contribution in [0, 0.1) is 5.82 Å². The molecular weight excluding hydrogens is 302 g/mol. The molecule has 1 saturated heterocycles. The van der Waals surface area contributed by atoms with Crippen molar-refractivity contribution in [3.05, 3.63) is 28.8 Å². The van der Waals surface area contributed by atoms with Gasteiger partial charge in [-0.3, -0.25) is 0 Å². The number of alkyl halides is 1. The van der Waals surface area contributed by atoms with Gasteiger partial charge in [-0.15, -0.1) is 11.6 Å². The van der Waals surface area contributed by atoms with Crippen LogP contribution in [0.4, 0.5) is 4.39 Å². The first-order chi connectivity index (χ1) is 9.52. The molecule has 1 aliphatic heterocycles. The van der Waals surface area contributed by atoms with Crippen molar-refractivity contribution >= 4 is 34.2 Å². The lowest BCUT2D eigenvalue weighted by molar-refractivity contribution is 0.00661. The fourth-order valence-corrected chi connectivity index (χ4v) is 3.11. The standard InChI is InChI=1S/C14H15Cl2FN2O/c1-14(3-2-4-20-14)8-19-12-5-9(16)10(17)6-11(12)18-13(19)7-15/h5-6H,2-4,7-8H2,1H3. The van der Waals surface area contributed by atoms with Gasteiger partial charge in [-0.05, 0) is 25.8 Å². The molecule has 6 heteroatoms. The quantitative estimate of drug-likeness (QED) is 0.796. The van der Waals surface area contributed by atoms with E-state index in [1.807, 2.05) is 4.57 Å². The monoisotopic (exact) mass is 316 g/mol. The van der Waals surface area contributed by atoms with Gasteiger partial charge in [0.15, 0.2) is 0 Å². The third-order valence-corrected chi connectivity index (χ3v) is 4.31. The van der Waals surface area contributed by atoms with Crippen molar-refractivity contribution in [2.24, 2.45) is 0 Å². The first-order valence-corrected chi connectivity index (χ1v) is 7.48. The number of nitrogens with zero attached hydrogens (tertiary/aromatic N) is 2. The summed E-state index contributed by atoms with van der Waals surface area (Å²) in [4.78, 5) is 4.38. The maximum atomic E-state index is 13.5. The van der Waals surface area contributed by atoms with E-state index < -0.39 is 5.82 Å². The second kappa shape index (κ2) is 5.17. The number of benzene rings is 1. The number of ether oxygens (including phenoxy) is 1. The van der Waals surface area contributed by atoms with Gasteiger partial charge >= 0.3 is 0 Å². The van der Waals surface area contributed by atoms with Gasteiger partial charge in [-0.1, -0.05) is 11.6 Å². The Balaban J connectivity index is 2.10. The fraction of sp³-hybridized carbons (Fsp3) is 0.500. The van der Waals surface area contributed by atoms with Crippen LogP contribution in [0.3, 0.4) is 0 Å². The Kier molecular flexibility index (Phi) is 3.65. The van der Waals surface area contributed by atoms with Crippen LogP contribution in [0.5, 0.6) is 0 Å². The lowest BCUT2D eigenvalue weighted by Crippen LogP contribution is -2.30. The van der Waals surface area contributed by atoms with Crippen molar-refractivity contribution in [3.8, 4) is 0 Å². The van der Waals surface area contributed by atoms with Crippen LogP contribution in [0.2, 0.25) is 5.02 Å². The van der Waals surface area contributed by atoms with Gasteiger partial charge in [0.05, 0.1) is 34.1 Å². The van der Waals surface area contributed by atoms with E-state index in [-0.39, 0.29) is 16.5 Å². The van der Waals surface area contributed by atoms with Crippen LogP contribution >= 0.6 is 23.2 Å². The Morgan fingerprint density at radius 3 is 2.95 bits per heavy atom. The largest absolute Gasteiger partial charge is 0.373 e. The fourth-order valence-electron chi connectivity index (χ4n) is 2.74. The number of imidazole rings is 1. The highest BCUT2D eigenvalue weighted by molar-refractivity contribution is 6.31. The van der Waals surface area contributed by atoms with Crippen LogP contribution in [-0.4, -0.2) is 21.8 Å². The lowest BCUT2D eigenvalue weighted by atomic mass is 10.0. The van der Waals surface area contributed by atoms with Crippen molar-refractivity contribution in [2.75, 3.05) is 6.61 Å². The average molecular weight is 317 g/mol. The first kappa shape index (κ1) is 14.1. The van der Waals surface area contributed by atoms with Crippen molar-refractivity contribution < 1.29 is 9.13 Å². The minimum atomic E-state index is -0.465. The van der Waals surface area contributed by atoms with Crippen LogP contribution in [0.15, 0.2) is 12.1 Å². The third-order valence-electron chi connectivity index (χ3n) is 3.78. The van der Waals surface area contributed by atoms with Gasteiger partial charge in [0, 0.05) is 12.7 Å². The molecule has 1 aromatic carbocycles. The number of halogens is 3. The summed E-state index contributed by atoms with van der Waals surface area (Å²) in [5, 5.41) is 0.0947. The topological polar surface area (TPSA) is 27.1 Å². The molecule has 1 aliphatic rings. The van der Waals surface area contributed by atoms with E-state index in [2.05, 4.69) is 11.9 Å². The summed E-state index contributed by atoms with van der Waals surface area (Å²) in [5.74, 6) is 0.512. The van der Waals surface area contributed by atoms with E-state index in [0.717, 1.165) is 25.0 Å². The first-order valence-electron chi connectivity index (χ1n) is 6.56. The zero-order chi connectivity index (χ0) is 14.3. The summed E-state index contributed by atoms with van der Waals surface area (Å²) in [7, 11) is 0. The average Bonchev–Trinajstić information content (AvgIpc) is 2.96. The predicted molar refractivity (Wildman–Crippen MR) is 77.8 cm³/mol. The van der Waals surface area contributed by atoms with E-state index in [1.165, 1.54) is 6.07 Å². The second-order valence-electron chi connectivity index (χ2n) is 5.40. The van der Waals surface area contributed by atoms with Gasteiger partial charge in [-0.2, -0.15) is 0 Å². The molecule has 1 unspecified atom stereocenters. The van der Waals surface area contributed by atoms with Gasteiger partial charge in [0.2, 0.25) is 0 Å². The van der Waals surface area contributed by atoms with Crippen molar-refractivity contribution in [3.63, 3.8) is 0 Å². The van der Waals surface area contributed by atoms with E-state index in [4.69, 9.17) is 27.9 Å². The lowest BCUT2D eigenvalue weighted by Gasteiger charge is -2.25. The van der Waals surface area contributed by atoms with Gasteiger partial charge < -0.3 is 9.30 Å². The van der Waals surface area contributed by atoms with Gasteiger partial charge in [0.1, 0.15) is 11.6 Å². The molecule has 0 spiro atoms. The van der Waals surface area contributed by atoms with Crippen LogP contribution in [-0.2, 0) is 17.2 Å². The maximum Gasteiger partial charge on any atom is 0.144 e. The molecule has 3 rings (SSSR count). The molecule has 1 fully saturated rings. The normalized spacial score (nSPS) is 22.8. The summed E-state index contributed by atoms with van der Waals surface area (Å²) in [5.41, 5.74) is 1.14. The van der Waals surface area contributed by atoms with Crippen molar-refractivity contribution in [1.29, 1.82) is 0 Å². The Morgan fingerprint density at radius 1 is 1.50 bits per heavy atom. The van der Waals surface area contributed by atoms with Crippen LogP contribution in [0.25, 0.3) is 11.0 Å². The number of rotatable bonds is 3. The molecule has 0 radical (unpaired) electrons. The molecule has 0 saturated carbocycles. The van der Waals surface area contributed by atoms with E-state index in [0.29, 0.717) is 17.9 Å². The second-order valence-corrected chi connectivity index (χ2v) is 6.08. The van der Waals surface area contributed by atoms with E-state index in [1.54, 1.807) is 6.07 Å². The summed E-state index contributed by atoms with van der Waals surface area (Å²) >= 11 is 11.8. The number of fused-ring (bicyclic) bond motifs is 1. The van der Waals surface area contributed by atoms with Crippen molar-refractivity contribution in [2.45, 2.75) is 37.8 Å². The highest BCUT2D eigenvalue weighted by atomic mass is 35.5. The van der Waals surface area contributed by atoms with E-state index >= 15 is 0 Å². The summed E-state index contributed by atoms with van der Waals surface area (Å²) in [6.07, 6.45) is 2.04. The van der Waals surface area contributed by atoms with Gasteiger partial charge in [0.25, 0.3) is 0 Å². The Bertz CT molecular complexity index is 650. The number of aromatic nitrogens is 2. The van der Waals surface area contributed by atoms with E-state index in [9.17, 15) is 4.39 Å². The van der Waals surface area contributed by atoms with Crippen LogP contribution in [0.1, 0.15) is 25.6 Å². The molecule has 0 aliphatic carbocycles. The molecule has 0 amide bonds. The smallest absolute Gasteiger partial charge is 0.144 e. The molecule has 2 heterocycles. The molecule has 0 bridgehead atoms. The Hall–Kier alpha value is -0.840. The molecule has 1 aromatic heterocycles. The minimum Gasteiger partial charge on any atom is -0.373 e. The number of hydrogen-bond acceptors (Lipinski definition) is 2. The van der Waals surface area contributed by atoms with Crippen molar-refractivity contribution in [1.82, 2.24) is 9.55 Å². The molecule has 20 heavy (non-hydrogen) atoms. The summed E-state index contributed by atoms with van der Waals surface area (Å²) in [6.45, 7) is 3.50. The Labute approximate surface area is 126 Å². The predicted octanol–water partition coefficient (Wildman–Crippen LogP) is 4.14. The minimum absolute atomic E-state index is 0.0947. The Morgan fingerprint density at radius 2 is 2.30 bits per heavy atom.